The number of benzene rings is 2. The van der Waals surface area contributed by atoms with Gasteiger partial charge in [0.1, 0.15) is 0 Å². The van der Waals surface area contributed by atoms with E-state index in [0.717, 1.165) is 5.75 Å². The first-order valence-corrected chi connectivity index (χ1v) is 10.3. The molecule has 0 saturated carbocycles. The Morgan fingerprint density at radius 3 is 2.30 bits per heavy atom. The van der Waals surface area contributed by atoms with Crippen molar-refractivity contribution in [2.24, 2.45) is 5.41 Å². The Morgan fingerprint density at radius 1 is 1.04 bits per heavy atom. The molecule has 0 radical (unpaired) electrons. The van der Waals surface area contributed by atoms with Gasteiger partial charge >= 0.3 is 0 Å². The monoisotopic (exact) mass is 386 g/mol. The lowest BCUT2D eigenvalue weighted by Gasteiger charge is -2.29. The van der Waals surface area contributed by atoms with Crippen LogP contribution in [0.5, 0.6) is 23.0 Å². The Bertz CT molecular complexity index is 810. The molecular weight excluding hydrogens is 360 g/mol. The van der Waals surface area contributed by atoms with Crippen LogP contribution in [-0.2, 0) is 4.74 Å². The molecule has 1 aliphatic heterocycles. The first kappa shape index (κ1) is 19.8. The van der Waals surface area contributed by atoms with Crippen LogP contribution in [0.1, 0.15) is 38.1 Å². The fourth-order valence-corrected chi connectivity index (χ4v) is 4.16. The number of fused-ring (bicyclic) bond motifs is 2. The van der Waals surface area contributed by atoms with E-state index in [9.17, 15) is 4.79 Å². The largest absolute Gasteiger partial charge is 0.450 e. The van der Waals surface area contributed by atoms with Crippen molar-refractivity contribution in [3.8, 4) is 23.0 Å². The maximum absolute atomic E-state index is 13.2. The number of para-hydroxylation sites is 2. The molecule has 0 bridgehead atoms. The second-order valence-corrected chi connectivity index (χ2v) is 8.70. The second kappa shape index (κ2) is 8.36. The Hall–Kier alpha value is -1.98. The lowest BCUT2D eigenvalue weighted by atomic mass is 9.87. The van der Waals surface area contributed by atoms with Crippen LogP contribution < -0.4 is 9.47 Å². The highest BCUT2D eigenvalue weighted by Gasteiger charge is 2.33. The van der Waals surface area contributed by atoms with Crippen LogP contribution >= 0.6 is 11.8 Å². The van der Waals surface area contributed by atoms with Gasteiger partial charge in [0.05, 0.1) is 11.9 Å². The summed E-state index contributed by atoms with van der Waals surface area (Å²) in [5, 5.41) is -0.159. The SMILES string of the molecule is CCOCCSC(C(=O)c1ccc2c(c1)Oc1ccccc1O2)C(C)(C)C. The summed E-state index contributed by atoms with van der Waals surface area (Å²) in [4.78, 5) is 13.2. The van der Waals surface area contributed by atoms with Gasteiger partial charge < -0.3 is 14.2 Å². The average molecular weight is 387 g/mol. The average Bonchev–Trinajstić information content (AvgIpc) is 2.64. The number of thioether (sulfide) groups is 1. The van der Waals surface area contributed by atoms with Crippen molar-refractivity contribution in [3.05, 3.63) is 48.0 Å². The molecule has 0 aromatic heterocycles. The molecule has 0 N–H and O–H groups in total. The van der Waals surface area contributed by atoms with E-state index in [0.29, 0.717) is 41.8 Å². The third kappa shape index (κ3) is 4.66. The van der Waals surface area contributed by atoms with Gasteiger partial charge in [-0.2, -0.15) is 0 Å². The number of hydrogen-bond acceptors (Lipinski definition) is 5. The quantitative estimate of drug-likeness (QED) is 0.371. The highest BCUT2D eigenvalue weighted by atomic mass is 32.2. The number of ether oxygens (including phenoxy) is 3. The summed E-state index contributed by atoms with van der Waals surface area (Å²) in [5.41, 5.74) is 0.481. The molecule has 27 heavy (non-hydrogen) atoms. The van der Waals surface area contributed by atoms with Gasteiger partial charge in [-0.15, -0.1) is 11.8 Å². The molecule has 0 saturated heterocycles. The molecular formula is C22H26O4S. The van der Waals surface area contributed by atoms with Crippen molar-refractivity contribution < 1.29 is 19.0 Å². The number of ketones is 1. The van der Waals surface area contributed by atoms with E-state index in [-0.39, 0.29) is 16.4 Å². The number of Topliss-reactive ketones (excluding diaryl/α,β-unsaturated/α-hetero) is 1. The predicted molar refractivity (Wildman–Crippen MR) is 110 cm³/mol. The summed E-state index contributed by atoms with van der Waals surface area (Å²) in [6, 6.07) is 12.9. The van der Waals surface area contributed by atoms with E-state index in [1.165, 1.54) is 0 Å². The van der Waals surface area contributed by atoms with E-state index in [1.807, 2.05) is 43.3 Å². The van der Waals surface area contributed by atoms with Crippen LogP contribution in [0.15, 0.2) is 42.5 Å². The Labute approximate surface area is 165 Å². The first-order chi connectivity index (χ1) is 12.9. The highest BCUT2D eigenvalue weighted by molar-refractivity contribution is 8.00. The summed E-state index contributed by atoms with van der Waals surface area (Å²) in [6.07, 6.45) is 0. The van der Waals surface area contributed by atoms with Crippen LogP contribution in [0.3, 0.4) is 0 Å². The minimum absolute atomic E-state index is 0.106. The smallest absolute Gasteiger partial charge is 0.176 e. The number of hydrogen-bond donors (Lipinski definition) is 0. The van der Waals surface area contributed by atoms with Crippen molar-refractivity contribution in [1.29, 1.82) is 0 Å². The van der Waals surface area contributed by atoms with E-state index >= 15 is 0 Å². The van der Waals surface area contributed by atoms with Crippen LogP contribution in [0, 0.1) is 5.41 Å². The third-order valence-electron chi connectivity index (χ3n) is 4.26. The summed E-state index contributed by atoms with van der Waals surface area (Å²) in [7, 11) is 0. The zero-order valence-electron chi connectivity index (χ0n) is 16.3. The molecule has 2 aromatic rings. The molecule has 1 aliphatic rings. The second-order valence-electron chi connectivity index (χ2n) is 7.49. The maximum atomic E-state index is 13.2. The zero-order chi connectivity index (χ0) is 19.4. The number of carbonyl (C=O) groups excluding carboxylic acids is 1. The minimum Gasteiger partial charge on any atom is -0.450 e. The fraction of sp³-hybridized carbons (Fsp3) is 0.409. The van der Waals surface area contributed by atoms with E-state index in [1.54, 1.807) is 17.8 Å². The van der Waals surface area contributed by atoms with Crippen molar-refractivity contribution in [2.45, 2.75) is 32.9 Å². The molecule has 0 amide bonds. The van der Waals surface area contributed by atoms with Crippen molar-refractivity contribution in [2.75, 3.05) is 19.0 Å². The van der Waals surface area contributed by atoms with Gasteiger partial charge in [-0.1, -0.05) is 32.9 Å². The van der Waals surface area contributed by atoms with Gasteiger partial charge in [0, 0.05) is 17.9 Å². The molecule has 4 nitrogen and oxygen atoms in total. The number of carbonyl (C=O) groups is 1. The van der Waals surface area contributed by atoms with Crippen LogP contribution in [0.25, 0.3) is 0 Å². The minimum atomic E-state index is -0.159. The van der Waals surface area contributed by atoms with Crippen molar-refractivity contribution >= 4 is 17.5 Å². The van der Waals surface area contributed by atoms with Gasteiger partial charge in [0.2, 0.25) is 0 Å². The highest BCUT2D eigenvalue weighted by Crippen LogP contribution is 2.45. The van der Waals surface area contributed by atoms with Crippen LogP contribution in [-0.4, -0.2) is 30.0 Å². The molecule has 0 aliphatic carbocycles. The lowest BCUT2D eigenvalue weighted by molar-refractivity contribution is 0.0950. The molecule has 3 rings (SSSR count). The third-order valence-corrected chi connectivity index (χ3v) is 5.92. The van der Waals surface area contributed by atoms with Gasteiger partial charge in [-0.05, 0) is 42.7 Å². The van der Waals surface area contributed by atoms with Gasteiger partial charge in [-0.25, -0.2) is 0 Å². The Kier molecular flexibility index (Phi) is 6.12. The van der Waals surface area contributed by atoms with Crippen LogP contribution in [0.4, 0.5) is 0 Å². The number of rotatable bonds is 7. The summed E-state index contributed by atoms with van der Waals surface area (Å²) < 4.78 is 17.2. The van der Waals surface area contributed by atoms with Crippen molar-refractivity contribution in [1.82, 2.24) is 0 Å². The topological polar surface area (TPSA) is 44.8 Å². The standard InChI is InChI=1S/C22H26O4S/c1-5-24-12-13-27-21(22(2,3)4)20(23)15-10-11-18-19(14-15)26-17-9-7-6-8-16(17)25-18/h6-11,14,21H,5,12-13H2,1-4H3. The zero-order valence-corrected chi connectivity index (χ0v) is 17.1. The molecule has 1 unspecified atom stereocenters. The van der Waals surface area contributed by atoms with Crippen LogP contribution in [0.2, 0.25) is 0 Å². The van der Waals surface area contributed by atoms with Gasteiger partial charge in [-0.3, -0.25) is 4.79 Å². The molecule has 0 spiro atoms. The predicted octanol–water partition coefficient (Wildman–Crippen LogP) is 5.95. The molecule has 2 aromatic carbocycles. The normalized spacial score (nSPS) is 13.8. The molecule has 5 heteroatoms. The van der Waals surface area contributed by atoms with Gasteiger partial charge in [0.25, 0.3) is 0 Å². The first-order valence-electron chi connectivity index (χ1n) is 9.22. The lowest BCUT2D eigenvalue weighted by Crippen LogP contribution is -2.32. The summed E-state index contributed by atoms with van der Waals surface area (Å²) >= 11 is 1.65. The summed E-state index contributed by atoms with van der Waals surface area (Å²) in [5.74, 6) is 3.44. The Morgan fingerprint density at radius 2 is 1.67 bits per heavy atom. The summed E-state index contributed by atoms with van der Waals surface area (Å²) in [6.45, 7) is 9.61. The van der Waals surface area contributed by atoms with E-state index in [2.05, 4.69) is 20.8 Å². The molecule has 1 atom stereocenters. The van der Waals surface area contributed by atoms with Crippen molar-refractivity contribution in [3.63, 3.8) is 0 Å². The molecule has 0 fully saturated rings. The van der Waals surface area contributed by atoms with Gasteiger partial charge in [0.15, 0.2) is 28.8 Å². The fourth-order valence-electron chi connectivity index (χ4n) is 2.92. The van der Waals surface area contributed by atoms with E-state index < -0.39 is 0 Å². The maximum Gasteiger partial charge on any atom is 0.176 e. The Balaban J connectivity index is 1.79. The molecule has 1 heterocycles. The molecule has 144 valence electrons. The van der Waals surface area contributed by atoms with E-state index in [4.69, 9.17) is 14.2 Å².